The zero-order valence-corrected chi connectivity index (χ0v) is 19.0. The molecule has 0 fully saturated rings. The van der Waals surface area contributed by atoms with Crippen LogP contribution in [0.15, 0.2) is 71.6 Å². The molecule has 0 N–H and O–H groups in total. The van der Waals surface area contributed by atoms with Crippen LogP contribution in [0.3, 0.4) is 0 Å². The molecule has 0 aliphatic carbocycles. The lowest BCUT2D eigenvalue weighted by Crippen LogP contribution is -2.32. The smallest absolute Gasteiger partial charge is 0.306 e. The number of hydrogen-bond donors (Lipinski definition) is 0. The second-order valence-corrected chi connectivity index (χ2v) is 10.6. The highest BCUT2D eigenvalue weighted by molar-refractivity contribution is 7.89. The van der Waals surface area contributed by atoms with Crippen molar-refractivity contribution in [1.29, 1.82) is 0 Å². The van der Waals surface area contributed by atoms with E-state index in [1.165, 1.54) is 16.4 Å². The zero-order chi connectivity index (χ0) is 22.5. The molecule has 31 heavy (non-hydrogen) atoms. The van der Waals surface area contributed by atoms with E-state index in [9.17, 15) is 16.8 Å². The number of hydrogen-bond acceptors (Lipinski definition) is 6. The van der Waals surface area contributed by atoms with E-state index < -0.39 is 20.1 Å². The second-order valence-electron chi connectivity index (χ2n) is 7.13. The number of methoxy groups -OCH3 is 1. The maximum Gasteiger partial charge on any atom is 0.306 e. The topological polar surface area (TPSA) is 90.0 Å². The van der Waals surface area contributed by atoms with Gasteiger partial charge in [0.05, 0.1) is 11.2 Å². The van der Waals surface area contributed by atoms with E-state index in [1.807, 2.05) is 24.3 Å². The van der Waals surface area contributed by atoms with Gasteiger partial charge in [-0.2, -0.15) is 12.7 Å². The van der Waals surface area contributed by atoms with Crippen LogP contribution < -0.4 is 4.18 Å². The van der Waals surface area contributed by atoms with Crippen molar-refractivity contribution in [3.05, 3.63) is 72.3 Å². The normalized spacial score (nSPS) is 12.4. The van der Waals surface area contributed by atoms with Crippen molar-refractivity contribution < 1.29 is 25.8 Å². The van der Waals surface area contributed by atoms with Gasteiger partial charge in [0, 0.05) is 26.8 Å². The predicted molar refractivity (Wildman–Crippen MR) is 120 cm³/mol. The van der Waals surface area contributed by atoms with E-state index in [-0.39, 0.29) is 23.7 Å². The average molecular weight is 464 g/mol. The van der Waals surface area contributed by atoms with Crippen molar-refractivity contribution in [3.63, 3.8) is 0 Å². The molecule has 7 nitrogen and oxygen atoms in total. The minimum atomic E-state index is -3.76. The van der Waals surface area contributed by atoms with Gasteiger partial charge >= 0.3 is 10.1 Å². The van der Waals surface area contributed by atoms with Gasteiger partial charge in [-0.1, -0.05) is 42.5 Å². The summed E-state index contributed by atoms with van der Waals surface area (Å²) in [5.74, 6) is 0.176. The number of benzene rings is 3. The third-order valence-electron chi connectivity index (χ3n) is 4.64. The van der Waals surface area contributed by atoms with Crippen LogP contribution in [-0.2, 0) is 31.4 Å². The lowest BCUT2D eigenvalue weighted by Gasteiger charge is -2.22. The highest BCUT2D eigenvalue weighted by Gasteiger charge is 2.24. The van der Waals surface area contributed by atoms with Crippen LogP contribution in [0.2, 0.25) is 0 Å². The van der Waals surface area contributed by atoms with Gasteiger partial charge in [0.1, 0.15) is 5.75 Å². The van der Waals surface area contributed by atoms with Crippen LogP contribution in [0.4, 0.5) is 0 Å². The standard InChI is InChI=1S/C22H25NO6S2/c1-28-15-5-14-23(17-18-8-11-21(12-9-18)29-30(2,24)25)31(26,27)22-13-10-19-6-3-4-7-20(19)16-22/h3-4,6-13,16H,5,14-15,17H2,1-2H3. The van der Waals surface area contributed by atoms with E-state index >= 15 is 0 Å². The highest BCUT2D eigenvalue weighted by atomic mass is 32.2. The molecule has 3 aromatic carbocycles. The van der Waals surface area contributed by atoms with Crippen LogP contribution >= 0.6 is 0 Å². The summed E-state index contributed by atoms with van der Waals surface area (Å²) in [6.07, 6.45) is 1.51. The maximum atomic E-state index is 13.4. The Balaban J connectivity index is 1.88. The molecule has 0 unspecified atom stereocenters. The van der Waals surface area contributed by atoms with Crippen molar-refractivity contribution in [2.24, 2.45) is 0 Å². The average Bonchev–Trinajstić information content (AvgIpc) is 2.73. The van der Waals surface area contributed by atoms with Crippen molar-refractivity contribution in [2.45, 2.75) is 17.9 Å². The van der Waals surface area contributed by atoms with Crippen LogP contribution in [0.25, 0.3) is 10.8 Å². The molecule has 3 rings (SSSR count). The molecule has 0 saturated carbocycles. The van der Waals surface area contributed by atoms with Crippen LogP contribution in [0.5, 0.6) is 5.75 Å². The molecule has 0 aliphatic heterocycles. The fourth-order valence-electron chi connectivity index (χ4n) is 3.18. The van der Waals surface area contributed by atoms with Gasteiger partial charge < -0.3 is 8.92 Å². The minimum Gasteiger partial charge on any atom is -0.385 e. The molecule has 0 heterocycles. The van der Waals surface area contributed by atoms with Gasteiger partial charge in [-0.05, 0) is 47.0 Å². The summed E-state index contributed by atoms with van der Waals surface area (Å²) in [7, 11) is -5.81. The van der Waals surface area contributed by atoms with Gasteiger partial charge in [-0.3, -0.25) is 0 Å². The number of sulfonamides is 1. The van der Waals surface area contributed by atoms with Gasteiger partial charge in [0.25, 0.3) is 0 Å². The lowest BCUT2D eigenvalue weighted by atomic mass is 10.1. The molecule has 3 aromatic rings. The summed E-state index contributed by atoms with van der Waals surface area (Å²) < 4.78 is 60.7. The molecule has 166 valence electrons. The predicted octanol–water partition coefficient (Wildman–Crippen LogP) is 3.41. The van der Waals surface area contributed by atoms with E-state index in [0.717, 1.165) is 17.0 Å². The Kier molecular flexibility index (Phi) is 7.32. The molecular formula is C22H25NO6S2. The third kappa shape index (κ3) is 6.27. The largest absolute Gasteiger partial charge is 0.385 e. The number of fused-ring (bicyclic) bond motifs is 1. The Morgan fingerprint density at radius 1 is 0.871 bits per heavy atom. The van der Waals surface area contributed by atoms with E-state index in [1.54, 1.807) is 37.4 Å². The van der Waals surface area contributed by atoms with E-state index in [0.29, 0.717) is 18.6 Å². The first kappa shape index (κ1) is 23.2. The number of ether oxygens (including phenoxy) is 1. The fraction of sp³-hybridized carbons (Fsp3) is 0.273. The summed E-state index contributed by atoms with van der Waals surface area (Å²) >= 11 is 0. The van der Waals surface area contributed by atoms with Gasteiger partial charge in [-0.15, -0.1) is 0 Å². The summed E-state index contributed by atoms with van der Waals surface area (Å²) in [6, 6.07) is 19.0. The number of nitrogens with zero attached hydrogens (tertiary/aromatic N) is 1. The summed E-state index contributed by atoms with van der Waals surface area (Å²) in [5, 5.41) is 1.82. The van der Waals surface area contributed by atoms with Gasteiger partial charge in [0.15, 0.2) is 0 Å². The second kappa shape index (κ2) is 9.78. The molecule has 0 atom stereocenters. The Bertz CT molecular complexity index is 1240. The minimum absolute atomic E-state index is 0.137. The Morgan fingerprint density at radius 3 is 2.19 bits per heavy atom. The monoisotopic (exact) mass is 463 g/mol. The van der Waals surface area contributed by atoms with Crippen LogP contribution in [0.1, 0.15) is 12.0 Å². The molecule has 0 amide bonds. The maximum absolute atomic E-state index is 13.4. The first-order valence-corrected chi connectivity index (χ1v) is 12.9. The fourth-order valence-corrected chi connectivity index (χ4v) is 5.14. The zero-order valence-electron chi connectivity index (χ0n) is 17.4. The Labute approximate surface area is 183 Å². The lowest BCUT2D eigenvalue weighted by molar-refractivity contribution is 0.186. The highest BCUT2D eigenvalue weighted by Crippen LogP contribution is 2.24. The SMILES string of the molecule is COCCCN(Cc1ccc(OS(C)(=O)=O)cc1)S(=O)(=O)c1ccc2ccccc2c1. The molecule has 0 aliphatic rings. The molecule has 9 heteroatoms. The summed E-state index contributed by atoms with van der Waals surface area (Å²) in [6.45, 7) is 0.855. The summed E-state index contributed by atoms with van der Waals surface area (Å²) in [5.41, 5.74) is 0.711. The molecule has 0 radical (unpaired) electrons. The first-order valence-electron chi connectivity index (χ1n) is 9.65. The molecule has 0 aromatic heterocycles. The van der Waals surface area contributed by atoms with Crippen molar-refractivity contribution >= 4 is 30.9 Å². The first-order chi connectivity index (χ1) is 14.7. The Morgan fingerprint density at radius 2 is 1.55 bits per heavy atom. The Hall–Kier alpha value is -2.46. The van der Waals surface area contributed by atoms with Crippen molar-refractivity contribution in [2.75, 3.05) is 26.5 Å². The van der Waals surface area contributed by atoms with Crippen LogP contribution in [0, 0.1) is 0 Å². The van der Waals surface area contributed by atoms with Crippen LogP contribution in [-0.4, -0.2) is 47.7 Å². The number of rotatable bonds is 10. The van der Waals surface area contributed by atoms with Crippen molar-refractivity contribution in [3.8, 4) is 5.75 Å². The van der Waals surface area contributed by atoms with Gasteiger partial charge in [0.2, 0.25) is 10.0 Å². The van der Waals surface area contributed by atoms with Gasteiger partial charge in [-0.25, -0.2) is 8.42 Å². The molecule has 0 saturated heterocycles. The van der Waals surface area contributed by atoms with Crippen molar-refractivity contribution in [1.82, 2.24) is 4.31 Å². The molecular weight excluding hydrogens is 438 g/mol. The quantitative estimate of drug-likeness (QED) is 0.338. The summed E-state index contributed by atoms with van der Waals surface area (Å²) in [4.78, 5) is 0.223. The van der Waals surface area contributed by atoms with E-state index in [4.69, 9.17) is 8.92 Å². The third-order valence-corrected chi connectivity index (χ3v) is 6.98. The van der Waals surface area contributed by atoms with E-state index in [2.05, 4.69) is 0 Å². The molecule has 0 spiro atoms. The molecule has 0 bridgehead atoms.